The van der Waals surface area contributed by atoms with Crippen molar-refractivity contribution in [2.75, 3.05) is 0 Å². The normalized spacial score (nSPS) is 12.4. The first-order valence-electron chi connectivity index (χ1n) is 6.01. The van der Waals surface area contributed by atoms with Gasteiger partial charge in [-0.1, -0.05) is 23.7 Å². The van der Waals surface area contributed by atoms with Crippen LogP contribution in [-0.4, -0.2) is 11.2 Å². The fourth-order valence-electron chi connectivity index (χ4n) is 1.95. The summed E-state index contributed by atoms with van der Waals surface area (Å²) in [5, 5.41) is 9.89. The van der Waals surface area contributed by atoms with E-state index in [4.69, 9.17) is 11.6 Å². The summed E-state index contributed by atoms with van der Waals surface area (Å²) in [6, 6.07) is 7.34. The quantitative estimate of drug-likeness (QED) is 0.908. The summed E-state index contributed by atoms with van der Waals surface area (Å²) in [6.07, 6.45) is -0.616. The number of hydrogen-bond acceptors (Lipinski definition) is 1. The highest BCUT2D eigenvalue weighted by molar-refractivity contribution is 6.30. The number of aliphatic hydroxyl groups is 1. The molecule has 5 heteroatoms. The molecule has 0 fully saturated rings. The molecule has 2 aromatic carbocycles. The fourth-order valence-corrected chi connectivity index (χ4v) is 2.16. The van der Waals surface area contributed by atoms with E-state index in [9.17, 15) is 18.3 Å². The van der Waals surface area contributed by atoms with Crippen molar-refractivity contribution in [2.24, 2.45) is 0 Å². The molecule has 0 amide bonds. The number of hydrogen-bond donors (Lipinski definition) is 1. The minimum atomic E-state index is -0.864. The van der Waals surface area contributed by atoms with Gasteiger partial charge in [-0.3, -0.25) is 0 Å². The molecule has 0 aliphatic heterocycles. The van der Waals surface area contributed by atoms with E-state index in [0.717, 1.165) is 12.1 Å². The van der Waals surface area contributed by atoms with Gasteiger partial charge in [-0.2, -0.15) is 0 Å². The van der Waals surface area contributed by atoms with E-state index in [1.807, 2.05) is 0 Å². The largest absolute Gasteiger partial charge is 0.392 e. The van der Waals surface area contributed by atoms with Gasteiger partial charge >= 0.3 is 0 Å². The van der Waals surface area contributed by atoms with Gasteiger partial charge in [-0.25, -0.2) is 13.2 Å². The van der Waals surface area contributed by atoms with Crippen LogP contribution in [0.1, 0.15) is 11.1 Å². The zero-order valence-corrected chi connectivity index (χ0v) is 11.2. The van der Waals surface area contributed by atoms with Crippen molar-refractivity contribution in [3.8, 4) is 0 Å². The maximum Gasteiger partial charge on any atom is 0.141 e. The Hall–Kier alpha value is -1.52. The third kappa shape index (κ3) is 3.74. The third-order valence-electron chi connectivity index (χ3n) is 2.93. The van der Waals surface area contributed by atoms with Crippen molar-refractivity contribution < 1.29 is 18.3 Å². The van der Waals surface area contributed by atoms with Crippen molar-refractivity contribution >= 4 is 11.6 Å². The molecule has 0 radical (unpaired) electrons. The minimum Gasteiger partial charge on any atom is -0.392 e. The Labute approximate surface area is 119 Å². The van der Waals surface area contributed by atoms with E-state index in [1.165, 1.54) is 24.3 Å². The summed E-state index contributed by atoms with van der Waals surface area (Å²) in [5.74, 6) is -1.89. The predicted octanol–water partition coefficient (Wildman–Crippen LogP) is 3.90. The Morgan fingerprint density at radius 3 is 2.35 bits per heavy atom. The van der Waals surface area contributed by atoms with Crippen molar-refractivity contribution in [1.82, 2.24) is 0 Å². The van der Waals surface area contributed by atoms with Crippen LogP contribution in [0.25, 0.3) is 0 Å². The average Bonchev–Trinajstić information content (AvgIpc) is 2.37. The first kappa shape index (κ1) is 14.9. The molecule has 106 valence electrons. The van der Waals surface area contributed by atoms with Crippen LogP contribution in [0.4, 0.5) is 13.2 Å². The van der Waals surface area contributed by atoms with E-state index in [2.05, 4.69) is 0 Å². The summed E-state index contributed by atoms with van der Waals surface area (Å²) in [7, 11) is 0. The monoisotopic (exact) mass is 300 g/mol. The Morgan fingerprint density at radius 2 is 1.70 bits per heavy atom. The number of halogens is 4. The van der Waals surface area contributed by atoms with E-state index < -0.39 is 23.6 Å². The second kappa shape index (κ2) is 6.29. The Balaban J connectivity index is 2.04. The SMILES string of the molecule is OC(Cc1ccc(F)c(Cl)c1)Cc1ccc(F)cc1F. The van der Waals surface area contributed by atoms with Crippen molar-refractivity contribution in [2.45, 2.75) is 18.9 Å². The molecule has 0 saturated heterocycles. The molecule has 2 rings (SSSR count). The minimum absolute atomic E-state index is 0.0253. The first-order chi connectivity index (χ1) is 9.45. The van der Waals surface area contributed by atoms with Gasteiger partial charge in [0.05, 0.1) is 11.1 Å². The molecule has 0 aromatic heterocycles. The molecule has 0 saturated carbocycles. The second-order valence-corrected chi connectivity index (χ2v) is 4.95. The molecule has 20 heavy (non-hydrogen) atoms. The molecular formula is C15H12ClF3O. The van der Waals surface area contributed by atoms with E-state index in [-0.39, 0.29) is 23.4 Å². The van der Waals surface area contributed by atoms with Crippen LogP contribution in [0, 0.1) is 17.5 Å². The lowest BCUT2D eigenvalue weighted by molar-refractivity contribution is 0.174. The van der Waals surface area contributed by atoms with Gasteiger partial charge in [0, 0.05) is 12.5 Å². The third-order valence-corrected chi connectivity index (χ3v) is 3.22. The van der Waals surface area contributed by atoms with Crippen LogP contribution in [0.2, 0.25) is 5.02 Å². The number of benzene rings is 2. The molecule has 0 aliphatic rings. The standard InChI is InChI=1S/C15H12ClF3O/c16-13-6-9(1-4-14(13)18)5-12(20)7-10-2-3-11(17)8-15(10)19/h1-4,6,8,12,20H,5,7H2. The zero-order valence-electron chi connectivity index (χ0n) is 10.4. The zero-order chi connectivity index (χ0) is 14.7. The van der Waals surface area contributed by atoms with E-state index in [1.54, 1.807) is 0 Å². The second-order valence-electron chi connectivity index (χ2n) is 4.55. The molecule has 0 heterocycles. The molecule has 1 N–H and O–H groups in total. The predicted molar refractivity (Wildman–Crippen MR) is 71.2 cm³/mol. The Bertz CT molecular complexity index is 616. The van der Waals surface area contributed by atoms with Gasteiger partial charge in [0.2, 0.25) is 0 Å². The number of aliphatic hydroxyl groups excluding tert-OH is 1. The molecule has 1 atom stereocenters. The maximum absolute atomic E-state index is 13.4. The van der Waals surface area contributed by atoms with Gasteiger partial charge in [-0.05, 0) is 35.7 Å². The average molecular weight is 301 g/mol. The van der Waals surface area contributed by atoms with E-state index in [0.29, 0.717) is 5.56 Å². The smallest absolute Gasteiger partial charge is 0.141 e. The van der Waals surface area contributed by atoms with Crippen molar-refractivity contribution in [1.29, 1.82) is 0 Å². The fraction of sp³-hybridized carbons (Fsp3) is 0.200. The molecule has 0 aliphatic carbocycles. The highest BCUT2D eigenvalue weighted by atomic mass is 35.5. The summed E-state index contributed by atoms with van der Waals surface area (Å²) >= 11 is 5.64. The lowest BCUT2D eigenvalue weighted by Crippen LogP contribution is -2.15. The van der Waals surface area contributed by atoms with E-state index >= 15 is 0 Å². The van der Waals surface area contributed by atoms with Crippen LogP contribution in [0.3, 0.4) is 0 Å². The van der Waals surface area contributed by atoms with Gasteiger partial charge in [0.1, 0.15) is 17.5 Å². The Morgan fingerprint density at radius 1 is 0.950 bits per heavy atom. The van der Waals surface area contributed by atoms with Gasteiger partial charge < -0.3 is 5.11 Å². The van der Waals surface area contributed by atoms with Crippen LogP contribution in [0.15, 0.2) is 36.4 Å². The lowest BCUT2D eigenvalue weighted by atomic mass is 10.0. The van der Waals surface area contributed by atoms with Crippen LogP contribution >= 0.6 is 11.6 Å². The summed E-state index contributed by atoms with van der Waals surface area (Å²) < 4.78 is 39.2. The maximum atomic E-state index is 13.4. The summed E-state index contributed by atoms with van der Waals surface area (Å²) in [5.41, 5.74) is 0.874. The van der Waals surface area contributed by atoms with Crippen molar-refractivity contribution in [3.63, 3.8) is 0 Å². The van der Waals surface area contributed by atoms with Crippen molar-refractivity contribution in [3.05, 3.63) is 70.0 Å². The van der Waals surface area contributed by atoms with Crippen LogP contribution in [0.5, 0.6) is 0 Å². The van der Waals surface area contributed by atoms with Gasteiger partial charge in [0.25, 0.3) is 0 Å². The molecule has 0 bridgehead atoms. The van der Waals surface area contributed by atoms with Crippen LogP contribution < -0.4 is 0 Å². The van der Waals surface area contributed by atoms with Crippen LogP contribution in [-0.2, 0) is 12.8 Å². The molecule has 1 unspecified atom stereocenters. The number of rotatable bonds is 4. The first-order valence-corrected chi connectivity index (χ1v) is 6.39. The lowest BCUT2D eigenvalue weighted by Gasteiger charge is -2.12. The van der Waals surface area contributed by atoms with Gasteiger partial charge in [0.15, 0.2) is 0 Å². The molecule has 1 nitrogen and oxygen atoms in total. The molecule has 2 aromatic rings. The molecule has 0 spiro atoms. The van der Waals surface area contributed by atoms with Gasteiger partial charge in [-0.15, -0.1) is 0 Å². The topological polar surface area (TPSA) is 20.2 Å². The molecular weight excluding hydrogens is 289 g/mol. The highest BCUT2D eigenvalue weighted by Gasteiger charge is 2.12. The Kier molecular flexibility index (Phi) is 4.68. The summed E-state index contributed by atoms with van der Waals surface area (Å²) in [6.45, 7) is 0. The highest BCUT2D eigenvalue weighted by Crippen LogP contribution is 2.18. The summed E-state index contributed by atoms with van der Waals surface area (Å²) in [4.78, 5) is 0.